The van der Waals surface area contributed by atoms with Crippen LogP contribution in [0.1, 0.15) is 0 Å². The minimum Gasteiger partial charge on any atom is -0.456 e. The molecule has 5 nitrogen and oxygen atoms in total. The number of benzene rings is 8. The zero-order chi connectivity index (χ0) is 35.8. The molecule has 0 aliphatic carbocycles. The van der Waals surface area contributed by atoms with Crippen molar-refractivity contribution < 1.29 is 4.42 Å². The molecule has 0 atom stereocenters. The van der Waals surface area contributed by atoms with Crippen molar-refractivity contribution in [2.75, 3.05) is 0 Å². The van der Waals surface area contributed by atoms with Gasteiger partial charge in [-0.25, -0.2) is 4.98 Å². The Morgan fingerprint density at radius 2 is 1.07 bits per heavy atom. The summed E-state index contributed by atoms with van der Waals surface area (Å²) in [6, 6.07) is 61.1. The standard InChI is InChI=1S/C49H28N4OS/c1-4-13-38-32(10-1)33-11-2-5-14-39(33)51(38)31-22-25-47-35(28-31)34-26-30(21-24-46(34)55-47)29-20-23-44-36(27-29)48-43(18-9-19-45(48)54-44)53-42-17-8-7-16-41(42)52-40-15-6-3-12-37(40)50-49(52)53/h1-28H. The molecule has 0 spiro atoms. The predicted octanol–water partition coefficient (Wildman–Crippen LogP) is 13.5. The van der Waals surface area contributed by atoms with E-state index in [1.54, 1.807) is 0 Å². The van der Waals surface area contributed by atoms with Gasteiger partial charge in [0.1, 0.15) is 11.2 Å². The van der Waals surface area contributed by atoms with Crippen LogP contribution in [0, 0.1) is 0 Å². The van der Waals surface area contributed by atoms with Crippen LogP contribution in [-0.4, -0.2) is 18.5 Å². The van der Waals surface area contributed by atoms with Crippen molar-refractivity contribution in [1.29, 1.82) is 0 Å². The second kappa shape index (κ2) is 10.7. The Labute approximate surface area is 317 Å². The van der Waals surface area contributed by atoms with Crippen LogP contribution in [-0.2, 0) is 0 Å². The Hall–Kier alpha value is -7.15. The van der Waals surface area contributed by atoms with Crippen LogP contribution in [0.2, 0.25) is 0 Å². The summed E-state index contributed by atoms with van der Waals surface area (Å²) >= 11 is 1.85. The lowest BCUT2D eigenvalue weighted by atomic mass is 10.00. The van der Waals surface area contributed by atoms with E-state index >= 15 is 0 Å². The van der Waals surface area contributed by atoms with Crippen molar-refractivity contribution in [1.82, 2.24) is 18.5 Å². The minimum absolute atomic E-state index is 0.855. The third-order valence-corrected chi connectivity index (χ3v) is 12.6. The summed E-state index contributed by atoms with van der Waals surface area (Å²) < 4.78 is 16.1. The zero-order valence-corrected chi connectivity index (χ0v) is 30.1. The van der Waals surface area contributed by atoms with E-state index in [2.05, 4.69) is 177 Å². The van der Waals surface area contributed by atoms with Gasteiger partial charge in [-0.05, 0) is 102 Å². The topological polar surface area (TPSA) is 40.3 Å². The highest BCUT2D eigenvalue weighted by Gasteiger charge is 2.21. The molecule has 13 aromatic rings. The minimum atomic E-state index is 0.855. The van der Waals surface area contributed by atoms with Crippen LogP contribution in [0.25, 0.3) is 114 Å². The lowest BCUT2D eigenvalue weighted by Gasteiger charge is -2.09. The summed E-state index contributed by atoms with van der Waals surface area (Å²) in [5.74, 6) is 0.885. The van der Waals surface area contributed by atoms with Gasteiger partial charge in [0.25, 0.3) is 0 Å². The SMILES string of the molecule is c1ccc2c(c1)nc1n(-c3cccc4oc5ccc(-c6ccc7sc8ccc(-n9c%10ccccc%10c%10ccccc%109)cc8c7c6)cc5c34)c3ccccc3n21. The monoisotopic (exact) mass is 720 g/mol. The first-order chi connectivity index (χ1) is 27.3. The number of hydrogen-bond acceptors (Lipinski definition) is 3. The summed E-state index contributed by atoms with van der Waals surface area (Å²) in [5.41, 5.74) is 13.0. The highest BCUT2D eigenvalue weighted by atomic mass is 32.1. The van der Waals surface area contributed by atoms with Gasteiger partial charge in [0.2, 0.25) is 5.78 Å². The summed E-state index contributed by atoms with van der Waals surface area (Å²) in [6.45, 7) is 0. The fourth-order valence-electron chi connectivity index (χ4n) is 9.05. The fraction of sp³-hybridized carbons (Fsp3) is 0. The van der Waals surface area contributed by atoms with Crippen LogP contribution in [0.3, 0.4) is 0 Å². The predicted molar refractivity (Wildman–Crippen MR) is 229 cm³/mol. The van der Waals surface area contributed by atoms with Crippen LogP contribution >= 0.6 is 11.3 Å². The van der Waals surface area contributed by atoms with E-state index in [9.17, 15) is 0 Å². The van der Waals surface area contributed by atoms with Gasteiger partial charge in [-0.15, -0.1) is 11.3 Å². The number of thiophene rings is 1. The van der Waals surface area contributed by atoms with Crippen LogP contribution < -0.4 is 0 Å². The Bertz CT molecular complexity index is 3690. The lowest BCUT2D eigenvalue weighted by Crippen LogP contribution is -1.95. The Kier molecular flexibility index (Phi) is 5.71. The van der Waals surface area contributed by atoms with Gasteiger partial charge in [0.15, 0.2) is 0 Å². The molecule has 13 rings (SSSR count). The molecule has 0 unspecified atom stereocenters. The van der Waals surface area contributed by atoms with Crippen LogP contribution in [0.15, 0.2) is 174 Å². The number of hydrogen-bond donors (Lipinski definition) is 0. The van der Waals surface area contributed by atoms with E-state index in [0.29, 0.717) is 0 Å². The maximum atomic E-state index is 6.55. The van der Waals surface area contributed by atoms with Crippen molar-refractivity contribution >= 4 is 103 Å². The van der Waals surface area contributed by atoms with E-state index in [1.807, 2.05) is 17.4 Å². The van der Waals surface area contributed by atoms with Crippen molar-refractivity contribution in [2.24, 2.45) is 0 Å². The fourth-order valence-corrected chi connectivity index (χ4v) is 10.1. The van der Waals surface area contributed by atoms with E-state index < -0.39 is 0 Å². The van der Waals surface area contributed by atoms with E-state index in [4.69, 9.17) is 9.40 Å². The third kappa shape index (κ3) is 3.98. The molecule has 0 aliphatic heterocycles. The van der Waals surface area contributed by atoms with Crippen LogP contribution in [0.4, 0.5) is 0 Å². The van der Waals surface area contributed by atoms with Crippen molar-refractivity contribution in [3.63, 3.8) is 0 Å². The number of aromatic nitrogens is 4. The highest BCUT2D eigenvalue weighted by molar-refractivity contribution is 7.25. The normalized spacial score (nSPS) is 12.4. The van der Waals surface area contributed by atoms with Crippen molar-refractivity contribution in [3.8, 4) is 22.5 Å². The summed E-state index contributed by atoms with van der Waals surface area (Å²) in [6.07, 6.45) is 0. The average Bonchev–Trinajstić information content (AvgIpc) is 4.04. The van der Waals surface area contributed by atoms with E-state index in [-0.39, 0.29) is 0 Å². The summed E-state index contributed by atoms with van der Waals surface area (Å²) in [4.78, 5) is 5.16. The first kappa shape index (κ1) is 29.3. The van der Waals surface area contributed by atoms with Gasteiger partial charge >= 0.3 is 0 Å². The average molecular weight is 721 g/mol. The molecule has 0 bridgehead atoms. The summed E-state index contributed by atoms with van der Waals surface area (Å²) in [5, 5.41) is 7.24. The zero-order valence-electron chi connectivity index (χ0n) is 29.3. The molecular formula is C49H28N4OS. The van der Waals surface area contributed by atoms with Gasteiger partial charge in [0.05, 0.1) is 44.2 Å². The summed E-state index contributed by atoms with van der Waals surface area (Å²) in [7, 11) is 0. The molecule has 8 aromatic carbocycles. The molecule has 0 radical (unpaired) electrons. The van der Waals surface area contributed by atoms with E-state index in [1.165, 1.54) is 53.2 Å². The molecule has 0 saturated heterocycles. The number of para-hydroxylation sites is 6. The Morgan fingerprint density at radius 1 is 0.436 bits per heavy atom. The first-order valence-corrected chi connectivity index (χ1v) is 19.4. The maximum absolute atomic E-state index is 6.55. The molecule has 5 heterocycles. The molecule has 0 aliphatic rings. The third-order valence-electron chi connectivity index (χ3n) is 11.4. The molecule has 6 heteroatoms. The molecule has 0 amide bonds. The molecule has 0 fully saturated rings. The van der Waals surface area contributed by atoms with Gasteiger partial charge in [-0.3, -0.25) is 8.97 Å². The highest BCUT2D eigenvalue weighted by Crippen LogP contribution is 2.42. The number of furan rings is 1. The second-order valence-corrected chi connectivity index (χ2v) is 15.5. The smallest absolute Gasteiger partial charge is 0.220 e. The molecule has 0 saturated carbocycles. The number of imidazole rings is 2. The van der Waals surface area contributed by atoms with Gasteiger partial charge < -0.3 is 8.98 Å². The number of nitrogens with zero attached hydrogens (tertiary/aromatic N) is 4. The van der Waals surface area contributed by atoms with Crippen LogP contribution in [0.5, 0.6) is 0 Å². The lowest BCUT2D eigenvalue weighted by molar-refractivity contribution is 0.669. The van der Waals surface area contributed by atoms with E-state index in [0.717, 1.165) is 61.0 Å². The Morgan fingerprint density at radius 3 is 1.87 bits per heavy atom. The maximum Gasteiger partial charge on any atom is 0.220 e. The largest absolute Gasteiger partial charge is 0.456 e. The van der Waals surface area contributed by atoms with Gasteiger partial charge in [0, 0.05) is 42.0 Å². The molecule has 5 aromatic heterocycles. The van der Waals surface area contributed by atoms with Crippen molar-refractivity contribution in [3.05, 3.63) is 170 Å². The van der Waals surface area contributed by atoms with Crippen molar-refractivity contribution in [2.45, 2.75) is 0 Å². The number of rotatable bonds is 3. The molecule has 55 heavy (non-hydrogen) atoms. The Balaban J connectivity index is 1.01. The van der Waals surface area contributed by atoms with Gasteiger partial charge in [-0.1, -0.05) is 78.9 Å². The molecule has 256 valence electrons. The molecule has 0 N–H and O–H groups in total. The number of fused-ring (bicyclic) bond motifs is 14. The quantitative estimate of drug-likeness (QED) is 0.182. The molecular weight excluding hydrogens is 693 g/mol. The van der Waals surface area contributed by atoms with Gasteiger partial charge in [-0.2, -0.15) is 0 Å². The first-order valence-electron chi connectivity index (χ1n) is 18.5. The second-order valence-electron chi connectivity index (χ2n) is 14.4.